The molecule has 10 nitrogen and oxygen atoms in total. The van der Waals surface area contributed by atoms with E-state index < -0.39 is 12.1 Å². The van der Waals surface area contributed by atoms with Gasteiger partial charge < -0.3 is 20.5 Å². The van der Waals surface area contributed by atoms with Crippen molar-refractivity contribution in [3.05, 3.63) is 36.5 Å². The maximum absolute atomic E-state index is 10.6. The number of pyridine rings is 1. The van der Waals surface area contributed by atoms with Crippen molar-refractivity contribution >= 4 is 17.4 Å². The van der Waals surface area contributed by atoms with Gasteiger partial charge in [0.2, 0.25) is 5.82 Å². The van der Waals surface area contributed by atoms with Gasteiger partial charge in [0, 0.05) is 25.9 Å². The minimum atomic E-state index is -5.08. The summed E-state index contributed by atoms with van der Waals surface area (Å²) < 4.78 is 39.2. The highest BCUT2D eigenvalue weighted by molar-refractivity contribution is 5.73. The average molecular weight is 439 g/mol. The van der Waals surface area contributed by atoms with E-state index in [9.17, 15) is 13.2 Å². The predicted molar refractivity (Wildman–Crippen MR) is 103 cm³/mol. The molecule has 166 valence electrons. The molecule has 0 radical (unpaired) electrons. The summed E-state index contributed by atoms with van der Waals surface area (Å²) in [5, 5.41) is 26.8. The number of halogens is 3. The highest BCUT2D eigenvalue weighted by Crippen LogP contribution is 2.16. The van der Waals surface area contributed by atoms with Crippen molar-refractivity contribution in [2.24, 2.45) is 0 Å². The molecule has 1 saturated heterocycles. The molecule has 0 saturated carbocycles. The van der Waals surface area contributed by atoms with E-state index in [1.165, 1.54) is 0 Å². The van der Waals surface area contributed by atoms with Gasteiger partial charge in [-0.1, -0.05) is 6.07 Å². The first-order valence-corrected chi connectivity index (χ1v) is 9.35. The summed E-state index contributed by atoms with van der Waals surface area (Å²) in [5.41, 5.74) is 1.43. The third-order valence-corrected chi connectivity index (χ3v) is 4.13. The molecule has 31 heavy (non-hydrogen) atoms. The Balaban J connectivity index is 0.000000339. The van der Waals surface area contributed by atoms with Crippen LogP contribution in [0.4, 0.5) is 19.0 Å². The van der Waals surface area contributed by atoms with Gasteiger partial charge in [0.15, 0.2) is 5.65 Å². The van der Waals surface area contributed by atoms with E-state index in [1.54, 1.807) is 10.7 Å². The van der Waals surface area contributed by atoms with Crippen LogP contribution >= 0.6 is 0 Å². The second kappa shape index (κ2) is 10.1. The minimum absolute atomic E-state index is 0.140. The van der Waals surface area contributed by atoms with Gasteiger partial charge in [0.1, 0.15) is 11.5 Å². The second-order valence-electron chi connectivity index (χ2n) is 6.46. The molecule has 13 heteroatoms. The van der Waals surface area contributed by atoms with Crippen LogP contribution in [0, 0.1) is 0 Å². The number of anilines is 1. The smallest absolute Gasteiger partial charge is 0.475 e. The van der Waals surface area contributed by atoms with E-state index in [4.69, 9.17) is 14.6 Å². The molecule has 0 aliphatic carbocycles. The normalized spacial score (nSPS) is 16.8. The fourth-order valence-electron chi connectivity index (χ4n) is 2.66. The number of alkyl halides is 3. The maximum Gasteiger partial charge on any atom is 0.490 e. The number of aromatic nitrogens is 5. The van der Waals surface area contributed by atoms with Gasteiger partial charge in [-0.05, 0) is 37.2 Å². The zero-order chi connectivity index (χ0) is 22.3. The van der Waals surface area contributed by atoms with E-state index in [2.05, 4.69) is 30.9 Å². The number of carboxylic acid groups (broad SMARTS) is 1. The van der Waals surface area contributed by atoms with E-state index in [1.807, 2.05) is 30.3 Å². The molecule has 1 unspecified atom stereocenters. The van der Waals surface area contributed by atoms with Crippen LogP contribution in [0.5, 0.6) is 0 Å². The van der Waals surface area contributed by atoms with Crippen molar-refractivity contribution in [3.63, 3.8) is 0 Å². The zero-order valence-corrected chi connectivity index (χ0v) is 16.2. The Morgan fingerprint density at radius 1 is 1.29 bits per heavy atom. The number of ether oxygens (including phenoxy) is 1. The van der Waals surface area contributed by atoms with Crippen LogP contribution in [0.3, 0.4) is 0 Å². The van der Waals surface area contributed by atoms with Crippen LogP contribution in [-0.2, 0) is 9.53 Å². The molecule has 1 atom stereocenters. The summed E-state index contributed by atoms with van der Waals surface area (Å²) in [6.07, 6.45) is -2.16. The Bertz CT molecular complexity index is 990. The van der Waals surface area contributed by atoms with Crippen LogP contribution in [0.1, 0.15) is 6.42 Å². The summed E-state index contributed by atoms with van der Waals surface area (Å²) in [5.74, 6) is -1.37. The number of carbonyl (C=O) groups is 1. The number of nitrogens with one attached hydrogen (secondary N) is 2. The zero-order valence-electron chi connectivity index (χ0n) is 16.2. The Morgan fingerprint density at radius 3 is 2.81 bits per heavy atom. The molecule has 1 aliphatic rings. The number of carboxylic acids is 1. The van der Waals surface area contributed by atoms with Gasteiger partial charge in [-0.3, -0.25) is 4.98 Å². The molecule has 0 aromatic carbocycles. The molecule has 4 rings (SSSR count). The van der Waals surface area contributed by atoms with E-state index in [0.29, 0.717) is 18.0 Å². The van der Waals surface area contributed by atoms with Crippen LogP contribution in [-0.4, -0.2) is 74.4 Å². The topological polar surface area (TPSA) is 127 Å². The third-order valence-electron chi connectivity index (χ3n) is 4.13. The summed E-state index contributed by atoms with van der Waals surface area (Å²) >= 11 is 0. The molecule has 3 N–H and O–H groups in total. The van der Waals surface area contributed by atoms with E-state index in [-0.39, 0.29) is 6.10 Å². The Kier molecular flexibility index (Phi) is 7.31. The molecule has 3 aromatic rings. The van der Waals surface area contributed by atoms with Gasteiger partial charge in [0.05, 0.1) is 6.10 Å². The van der Waals surface area contributed by atoms with Gasteiger partial charge in [-0.25, -0.2) is 4.79 Å². The van der Waals surface area contributed by atoms with Gasteiger partial charge in [-0.15, -0.1) is 15.3 Å². The first kappa shape index (κ1) is 22.4. The van der Waals surface area contributed by atoms with Gasteiger partial charge in [0.25, 0.3) is 0 Å². The fourth-order valence-corrected chi connectivity index (χ4v) is 2.66. The Labute approximate surface area is 174 Å². The molecule has 0 bridgehead atoms. The van der Waals surface area contributed by atoms with Crippen LogP contribution < -0.4 is 10.6 Å². The van der Waals surface area contributed by atoms with Crippen molar-refractivity contribution in [1.82, 2.24) is 30.1 Å². The van der Waals surface area contributed by atoms with Crippen molar-refractivity contribution in [1.29, 1.82) is 0 Å². The van der Waals surface area contributed by atoms with Crippen LogP contribution in [0.15, 0.2) is 36.5 Å². The molecule has 1 aliphatic heterocycles. The SMILES string of the molecule is O=C(O)C(F)(F)F.c1ccc(-c2nnc3ccc(NCC4CNCCCO4)nn23)nc1. The molecule has 1 fully saturated rings. The molecular formula is C18H20F3N7O3. The first-order valence-electron chi connectivity index (χ1n) is 9.35. The number of fused-ring (bicyclic) bond motifs is 1. The van der Waals surface area contributed by atoms with Crippen molar-refractivity contribution < 1.29 is 27.8 Å². The monoisotopic (exact) mass is 439 g/mol. The Morgan fingerprint density at radius 2 is 2.10 bits per heavy atom. The lowest BCUT2D eigenvalue weighted by Crippen LogP contribution is -2.32. The van der Waals surface area contributed by atoms with Crippen molar-refractivity contribution in [3.8, 4) is 11.5 Å². The molecule has 4 heterocycles. The highest BCUT2D eigenvalue weighted by Gasteiger charge is 2.38. The fraction of sp³-hybridized carbons (Fsp3) is 0.389. The molecule has 0 spiro atoms. The lowest BCUT2D eigenvalue weighted by molar-refractivity contribution is -0.192. The van der Waals surface area contributed by atoms with Gasteiger partial charge >= 0.3 is 12.1 Å². The number of aliphatic carboxylic acids is 1. The summed E-state index contributed by atoms with van der Waals surface area (Å²) in [4.78, 5) is 13.2. The van der Waals surface area contributed by atoms with Gasteiger partial charge in [-0.2, -0.15) is 17.7 Å². The Hall–Kier alpha value is -3.32. The third kappa shape index (κ3) is 6.33. The van der Waals surface area contributed by atoms with Crippen LogP contribution in [0.25, 0.3) is 17.2 Å². The van der Waals surface area contributed by atoms with E-state index in [0.717, 1.165) is 37.6 Å². The lowest BCUT2D eigenvalue weighted by atomic mass is 10.3. The lowest BCUT2D eigenvalue weighted by Gasteiger charge is -2.16. The minimum Gasteiger partial charge on any atom is -0.475 e. The summed E-state index contributed by atoms with van der Waals surface area (Å²) in [6, 6.07) is 9.47. The predicted octanol–water partition coefficient (Wildman–Crippen LogP) is 1.61. The first-order chi connectivity index (χ1) is 14.8. The quantitative estimate of drug-likeness (QED) is 0.556. The largest absolute Gasteiger partial charge is 0.490 e. The standard InChI is InChI=1S/C16H19N7O.C2HF3O2/c1-2-8-18-13(4-1)16-21-20-15-6-5-14(22-23(15)16)19-11-12-10-17-7-3-9-24-12;3-2(4,5)1(6)7/h1-2,4-6,8,12,17H,3,7,9-11H2,(H,19,22);(H,6,7). The molecule has 0 amide bonds. The summed E-state index contributed by atoms with van der Waals surface area (Å²) in [6.45, 7) is 3.35. The number of nitrogens with zero attached hydrogens (tertiary/aromatic N) is 5. The van der Waals surface area contributed by atoms with Crippen molar-refractivity contribution in [2.75, 3.05) is 31.6 Å². The number of hydrogen-bond donors (Lipinski definition) is 3. The second-order valence-corrected chi connectivity index (χ2v) is 6.46. The number of hydrogen-bond acceptors (Lipinski definition) is 8. The highest BCUT2D eigenvalue weighted by atomic mass is 19.4. The average Bonchev–Trinajstić information content (AvgIpc) is 2.99. The maximum atomic E-state index is 10.6. The summed E-state index contributed by atoms with van der Waals surface area (Å²) in [7, 11) is 0. The molecular weight excluding hydrogens is 419 g/mol. The van der Waals surface area contributed by atoms with Crippen LogP contribution in [0.2, 0.25) is 0 Å². The number of rotatable bonds is 4. The van der Waals surface area contributed by atoms with Crippen molar-refractivity contribution in [2.45, 2.75) is 18.7 Å². The molecule has 3 aromatic heterocycles. The van der Waals surface area contributed by atoms with E-state index >= 15 is 0 Å².